The van der Waals surface area contributed by atoms with E-state index in [9.17, 15) is 4.39 Å². The lowest BCUT2D eigenvalue weighted by Gasteiger charge is -2.19. The lowest BCUT2D eigenvalue weighted by molar-refractivity contribution is 0.553. The molecule has 0 saturated carbocycles. The predicted octanol–water partition coefficient (Wildman–Crippen LogP) is 4.40. The predicted molar refractivity (Wildman–Crippen MR) is 80.8 cm³/mol. The molecule has 0 heterocycles. The first-order valence-electron chi connectivity index (χ1n) is 6.28. The molecular weight excluding hydrogens is 305 g/mol. The second-order valence-electron chi connectivity index (χ2n) is 4.66. The van der Waals surface area contributed by atoms with Gasteiger partial charge in [0.1, 0.15) is 5.82 Å². The lowest BCUT2D eigenvalue weighted by Crippen LogP contribution is -2.19. The first-order valence-corrected chi connectivity index (χ1v) is 7.08. The summed E-state index contributed by atoms with van der Waals surface area (Å²) in [5.74, 6) is -0.147. The van der Waals surface area contributed by atoms with E-state index in [2.05, 4.69) is 46.4 Å². The summed E-state index contributed by atoms with van der Waals surface area (Å²) in [6, 6.07) is 13.3. The number of likely N-dealkylation sites (N-methyl/N-ethyl adjacent to an activating group) is 1. The van der Waals surface area contributed by atoms with E-state index in [0.717, 1.165) is 15.6 Å². The molecule has 1 nitrogen and oxygen atoms in total. The van der Waals surface area contributed by atoms with Crippen LogP contribution in [-0.4, -0.2) is 7.05 Å². The maximum atomic E-state index is 13.7. The van der Waals surface area contributed by atoms with Crippen LogP contribution in [0.5, 0.6) is 0 Å². The van der Waals surface area contributed by atoms with Crippen LogP contribution in [0.1, 0.15) is 22.7 Å². The van der Waals surface area contributed by atoms with Crippen LogP contribution in [0.3, 0.4) is 0 Å². The highest BCUT2D eigenvalue weighted by molar-refractivity contribution is 9.10. The molecule has 0 bridgehead atoms. The maximum Gasteiger partial charge on any atom is 0.126 e. The number of hydrogen-bond donors (Lipinski definition) is 1. The average molecular weight is 322 g/mol. The fourth-order valence-electron chi connectivity index (χ4n) is 2.17. The van der Waals surface area contributed by atoms with Crippen LogP contribution in [0.15, 0.2) is 46.9 Å². The quantitative estimate of drug-likeness (QED) is 0.880. The molecule has 3 heteroatoms. The van der Waals surface area contributed by atoms with Gasteiger partial charge in [0, 0.05) is 10.5 Å². The number of halogens is 2. The van der Waals surface area contributed by atoms with Crippen molar-refractivity contribution in [1.29, 1.82) is 0 Å². The number of nitrogens with one attached hydrogen (secondary N) is 1. The Kier molecular flexibility index (Phi) is 4.72. The third-order valence-electron chi connectivity index (χ3n) is 3.26. The lowest BCUT2D eigenvalue weighted by atomic mass is 9.98. The minimum Gasteiger partial charge on any atom is -0.313 e. The number of rotatable bonds is 4. The second-order valence-corrected chi connectivity index (χ2v) is 5.52. The fourth-order valence-corrected chi connectivity index (χ4v) is 2.94. The molecule has 100 valence electrons. The largest absolute Gasteiger partial charge is 0.313 e. The van der Waals surface area contributed by atoms with Crippen molar-refractivity contribution in [2.75, 3.05) is 7.05 Å². The smallest absolute Gasteiger partial charge is 0.126 e. The van der Waals surface area contributed by atoms with E-state index < -0.39 is 0 Å². The molecule has 0 aromatic heterocycles. The van der Waals surface area contributed by atoms with Gasteiger partial charge in [0.25, 0.3) is 0 Å². The van der Waals surface area contributed by atoms with Crippen LogP contribution in [0.4, 0.5) is 4.39 Å². The molecule has 0 aliphatic carbocycles. The maximum absolute atomic E-state index is 13.7. The summed E-state index contributed by atoms with van der Waals surface area (Å²) in [5, 5.41) is 3.26. The van der Waals surface area contributed by atoms with Crippen LogP contribution in [0, 0.1) is 12.7 Å². The number of aryl methyl sites for hydroxylation is 1. The zero-order valence-corrected chi connectivity index (χ0v) is 12.7. The first kappa shape index (κ1) is 14.2. The minimum atomic E-state index is -0.147. The van der Waals surface area contributed by atoms with Crippen LogP contribution in [0.2, 0.25) is 0 Å². The Balaban J connectivity index is 2.28. The molecule has 1 atom stereocenters. The Morgan fingerprint density at radius 1 is 1.21 bits per heavy atom. The van der Waals surface area contributed by atoms with Gasteiger partial charge in [0.2, 0.25) is 0 Å². The van der Waals surface area contributed by atoms with Gasteiger partial charge < -0.3 is 5.32 Å². The Labute approximate surface area is 122 Å². The Hall–Kier alpha value is -1.19. The molecule has 2 aromatic carbocycles. The van der Waals surface area contributed by atoms with Crippen molar-refractivity contribution in [3.63, 3.8) is 0 Å². The number of benzene rings is 2. The fraction of sp³-hybridized carbons (Fsp3) is 0.250. The van der Waals surface area contributed by atoms with Crippen LogP contribution >= 0.6 is 15.9 Å². The molecule has 0 amide bonds. The Bertz CT molecular complexity index is 568. The Morgan fingerprint density at radius 2 is 1.95 bits per heavy atom. The molecule has 2 rings (SSSR count). The summed E-state index contributed by atoms with van der Waals surface area (Å²) < 4.78 is 14.8. The summed E-state index contributed by atoms with van der Waals surface area (Å²) in [7, 11) is 1.90. The standard InChI is InChI=1S/C16H17BrFN/c1-11-7-8-13(14(17)9-11)16(19-2)10-12-5-3-4-6-15(12)18/h3-9,16,19H,10H2,1-2H3. The molecule has 0 saturated heterocycles. The van der Waals surface area contributed by atoms with Gasteiger partial charge in [0.05, 0.1) is 0 Å². The van der Waals surface area contributed by atoms with Gasteiger partial charge in [-0.3, -0.25) is 0 Å². The molecule has 0 aliphatic heterocycles. The van der Waals surface area contributed by atoms with Gasteiger partial charge in [-0.15, -0.1) is 0 Å². The summed E-state index contributed by atoms with van der Waals surface area (Å²) in [5.41, 5.74) is 3.09. The molecule has 0 fully saturated rings. The van der Waals surface area contributed by atoms with Gasteiger partial charge in [-0.1, -0.05) is 46.3 Å². The van der Waals surface area contributed by atoms with E-state index in [4.69, 9.17) is 0 Å². The normalized spacial score (nSPS) is 12.4. The summed E-state index contributed by atoms with van der Waals surface area (Å²) in [4.78, 5) is 0. The zero-order chi connectivity index (χ0) is 13.8. The monoisotopic (exact) mass is 321 g/mol. The average Bonchev–Trinajstić information content (AvgIpc) is 2.39. The van der Waals surface area contributed by atoms with Crippen molar-refractivity contribution >= 4 is 15.9 Å². The van der Waals surface area contributed by atoms with Crippen LogP contribution in [-0.2, 0) is 6.42 Å². The summed E-state index contributed by atoms with van der Waals surface area (Å²) in [6.07, 6.45) is 0.630. The van der Waals surface area contributed by atoms with Crippen molar-refractivity contribution < 1.29 is 4.39 Å². The van der Waals surface area contributed by atoms with Gasteiger partial charge in [-0.2, -0.15) is 0 Å². The summed E-state index contributed by atoms with van der Waals surface area (Å²) in [6.45, 7) is 2.06. The molecule has 2 aromatic rings. The molecule has 1 unspecified atom stereocenters. The van der Waals surface area contributed by atoms with Crippen molar-refractivity contribution in [2.24, 2.45) is 0 Å². The SMILES string of the molecule is CNC(Cc1ccccc1F)c1ccc(C)cc1Br. The molecule has 0 radical (unpaired) electrons. The highest BCUT2D eigenvalue weighted by atomic mass is 79.9. The van der Waals surface area contributed by atoms with E-state index in [1.807, 2.05) is 19.2 Å². The molecular formula is C16H17BrFN. The highest BCUT2D eigenvalue weighted by Crippen LogP contribution is 2.27. The molecule has 0 spiro atoms. The molecule has 1 N–H and O–H groups in total. The highest BCUT2D eigenvalue weighted by Gasteiger charge is 2.15. The summed E-state index contributed by atoms with van der Waals surface area (Å²) >= 11 is 3.59. The van der Waals surface area contributed by atoms with Crippen molar-refractivity contribution in [3.8, 4) is 0 Å². The number of hydrogen-bond acceptors (Lipinski definition) is 1. The van der Waals surface area contributed by atoms with Crippen LogP contribution in [0.25, 0.3) is 0 Å². The van der Waals surface area contributed by atoms with E-state index in [-0.39, 0.29) is 11.9 Å². The van der Waals surface area contributed by atoms with E-state index in [1.165, 1.54) is 11.6 Å². The van der Waals surface area contributed by atoms with E-state index >= 15 is 0 Å². The molecule has 19 heavy (non-hydrogen) atoms. The first-order chi connectivity index (χ1) is 9.11. The van der Waals surface area contributed by atoms with Gasteiger partial charge in [-0.25, -0.2) is 4.39 Å². The van der Waals surface area contributed by atoms with Crippen molar-refractivity contribution in [2.45, 2.75) is 19.4 Å². The second kappa shape index (κ2) is 6.31. The van der Waals surface area contributed by atoms with Gasteiger partial charge in [0.15, 0.2) is 0 Å². The van der Waals surface area contributed by atoms with Gasteiger partial charge >= 0.3 is 0 Å². The van der Waals surface area contributed by atoms with E-state index in [0.29, 0.717) is 6.42 Å². The Morgan fingerprint density at radius 3 is 2.58 bits per heavy atom. The van der Waals surface area contributed by atoms with Crippen LogP contribution < -0.4 is 5.32 Å². The third-order valence-corrected chi connectivity index (χ3v) is 3.95. The topological polar surface area (TPSA) is 12.0 Å². The van der Waals surface area contributed by atoms with Gasteiger partial charge in [-0.05, 0) is 49.2 Å². The minimum absolute atomic E-state index is 0.0897. The zero-order valence-electron chi connectivity index (χ0n) is 11.1. The van der Waals surface area contributed by atoms with Crippen molar-refractivity contribution in [3.05, 3.63) is 69.4 Å². The van der Waals surface area contributed by atoms with E-state index in [1.54, 1.807) is 6.07 Å². The third kappa shape index (κ3) is 3.43. The molecule has 0 aliphatic rings. The van der Waals surface area contributed by atoms with Crippen molar-refractivity contribution in [1.82, 2.24) is 5.32 Å².